The van der Waals surface area contributed by atoms with E-state index >= 15 is 0 Å². The number of hydrogen-bond donors (Lipinski definition) is 3. The fourth-order valence-electron chi connectivity index (χ4n) is 1.33. The smallest absolute Gasteiger partial charge is 0.240 e. The average Bonchev–Trinajstić information content (AvgIpc) is 2.29. The quantitative estimate of drug-likeness (QED) is 0.309. The normalized spacial score (nSPS) is 14.5. The molecule has 0 saturated heterocycles. The lowest BCUT2D eigenvalue weighted by molar-refractivity contribution is 0.316. The first-order valence-corrected chi connectivity index (χ1v) is 6.48. The summed E-state index contributed by atoms with van der Waals surface area (Å²) in [5.74, 6) is -0.0201. The summed E-state index contributed by atoms with van der Waals surface area (Å²) in [6.07, 6.45) is 0.141. The summed E-state index contributed by atoms with van der Waals surface area (Å²) in [5.41, 5.74) is 5.30. The third kappa shape index (κ3) is 4.04. The molecule has 0 aliphatic carbocycles. The Bertz CT molecular complexity index is 485. The Hall–Kier alpha value is -1.60. The van der Waals surface area contributed by atoms with Crippen molar-refractivity contribution in [1.82, 2.24) is 4.72 Å². The second-order valence-electron chi connectivity index (χ2n) is 3.63. The largest absolute Gasteiger partial charge is 0.409 e. The van der Waals surface area contributed by atoms with E-state index in [2.05, 4.69) is 9.88 Å². The monoisotopic (exact) mass is 257 g/mol. The van der Waals surface area contributed by atoms with E-state index in [-0.39, 0.29) is 17.2 Å². The number of nitrogens with two attached hydrogens (primary N) is 1. The molecule has 0 radical (unpaired) electrons. The highest BCUT2D eigenvalue weighted by Crippen LogP contribution is 2.08. The van der Waals surface area contributed by atoms with Crippen molar-refractivity contribution in [2.75, 3.05) is 0 Å². The molecule has 0 heterocycles. The molecule has 0 amide bonds. The Morgan fingerprint density at radius 3 is 2.59 bits per heavy atom. The van der Waals surface area contributed by atoms with Crippen LogP contribution in [0.4, 0.5) is 0 Å². The molecule has 0 fully saturated rings. The van der Waals surface area contributed by atoms with Crippen molar-refractivity contribution in [2.45, 2.75) is 24.3 Å². The molecule has 0 saturated carbocycles. The lowest BCUT2D eigenvalue weighted by Crippen LogP contribution is -2.35. The van der Waals surface area contributed by atoms with Gasteiger partial charge in [-0.25, -0.2) is 13.1 Å². The number of rotatable bonds is 5. The van der Waals surface area contributed by atoms with Crippen molar-refractivity contribution >= 4 is 15.9 Å². The Morgan fingerprint density at radius 1 is 1.47 bits per heavy atom. The van der Waals surface area contributed by atoms with E-state index < -0.39 is 16.1 Å². The van der Waals surface area contributed by atoms with Gasteiger partial charge in [0.05, 0.1) is 4.90 Å². The predicted molar refractivity (Wildman–Crippen MR) is 64.3 cm³/mol. The molecule has 1 aromatic rings. The van der Waals surface area contributed by atoms with Crippen LogP contribution in [0.5, 0.6) is 0 Å². The van der Waals surface area contributed by atoms with Crippen LogP contribution in [0.3, 0.4) is 0 Å². The first kappa shape index (κ1) is 13.5. The maximum atomic E-state index is 11.9. The third-order valence-electron chi connectivity index (χ3n) is 2.05. The SMILES string of the molecule is CC(CC(N)=NO)NS(=O)(=O)c1ccccc1. The van der Waals surface area contributed by atoms with Crippen LogP contribution in [0.1, 0.15) is 13.3 Å². The maximum absolute atomic E-state index is 11.9. The van der Waals surface area contributed by atoms with Gasteiger partial charge in [-0.1, -0.05) is 23.4 Å². The molecule has 1 unspecified atom stereocenters. The van der Waals surface area contributed by atoms with Crippen LogP contribution in [-0.4, -0.2) is 25.5 Å². The molecule has 0 aromatic heterocycles. The van der Waals surface area contributed by atoms with Crippen LogP contribution in [0, 0.1) is 0 Å². The Kier molecular flexibility index (Phi) is 4.47. The molecule has 0 bridgehead atoms. The number of amidine groups is 1. The number of nitrogens with zero attached hydrogens (tertiary/aromatic N) is 1. The summed E-state index contributed by atoms with van der Waals surface area (Å²) in [4.78, 5) is 0.186. The lowest BCUT2D eigenvalue weighted by atomic mass is 10.2. The first-order chi connectivity index (χ1) is 7.95. The fraction of sp³-hybridized carbons (Fsp3) is 0.300. The topological polar surface area (TPSA) is 105 Å². The predicted octanol–water partition coefficient (Wildman–Crippen LogP) is 0.490. The minimum Gasteiger partial charge on any atom is -0.409 e. The number of oxime groups is 1. The molecule has 0 spiro atoms. The molecule has 7 heteroatoms. The number of nitrogens with one attached hydrogen (secondary N) is 1. The van der Waals surface area contributed by atoms with Gasteiger partial charge in [-0.05, 0) is 19.1 Å². The molecular formula is C10H15N3O3S. The highest BCUT2D eigenvalue weighted by molar-refractivity contribution is 7.89. The molecule has 6 nitrogen and oxygen atoms in total. The third-order valence-corrected chi connectivity index (χ3v) is 3.66. The van der Waals surface area contributed by atoms with Gasteiger partial charge < -0.3 is 10.9 Å². The lowest BCUT2D eigenvalue weighted by Gasteiger charge is -2.13. The summed E-state index contributed by atoms with van der Waals surface area (Å²) in [6.45, 7) is 1.64. The summed E-state index contributed by atoms with van der Waals surface area (Å²) >= 11 is 0. The average molecular weight is 257 g/mol. The van der Waals surface area contributed by atoms with Gasteiger partial charge in [0.15, 0.2) is 0 Å². The van der Waals surface area contributed by atoms with Crippen molar-refractivity contribution in [3.8, 4) is 0 Å². The molecule has 94 valence electrons. The van der Waals surface area contributed by atoms with E-state index in [1.54, 1.807) is 25.1 Å². The van der Waals surface area contributed by atoms with Crippen LogP contribution in [0.2, 0.25) is 0 Å². The summed E-state index contributed by atoms with van der Waals surface area (Å²) in [6, 6.07) is 7.57. The van der Waals surface area contributed by atoms with E-state index in [4.69, 9.17) is 10.9 Å². The molecular weight excluding hydrogens is 242 g/mol. The van der Waals surface area contributed by atoms with Gasteiger partial charge in [0.1, 0.15) is 5.84 Å². The number of hydrogen-bond acceptors (Lipinski definition) is 4. The van der Waals surface area contributed by atoms with Crippen molar-refractivity contribution < 1.29 is 13.6 Å². The maximum Gasteiger partial charge on any atom is 0.240 e. The standard InChI is InChI=1S/C10H15N3O3S/c1-8(7-10(11)12-14)13-17(15,16)9-5-3-2-4-6-9/h2-6,8,13-14H,7H2,1H3,(H2,11,12). The molecule has 4 N–H and O–H groups in total. The van der Waals surface area contributed by atoms with Crippen molar-refractivity contribution in [3.05, 3.63) is 30.3 Å². The zero-order valence-electron chi connectivity index (χ0n) is 9.37. The van der Waals surface area contributed by atoms with Crippen LogP contribution in [0.25, 0.3) is 0 Å². The Labute approximate surface area is 100 Å². The summed E-state index contributed by atoms with van der Waals surface area (Å²) in [7, 11) is -3.56. The van der Waals surface area contributed by atoms with Gasteiger partial charge >= 0.3 is 0 Å². The minimum absolute atomic E-state index is 0.0201. The zero-order valence-corrected chi connectivity index (χ0v) is 10.2. The molecule has 17 heavy (non-hydrogen) atoms. The summed E-state index contributed by atoms with van der Waals surface area (Å²) in [5, 5.41) is 11.2. The van der Waals surface area contributed by atoms with E-state index in [0.717, 1.165) is 0 Å². The van der Waals surface area contributed by atoms with Crippen LogP contribution in [-0.2, 0) is 10.0 Å². The zero-order chi connectivity index (χ0) is 12.9. The van der Waals surface area contributed by atoms with E-state index in [9.17, 15) is 8.42 Å². The van der Waals surface area contributed by atoms with Crippen molar-refractivity contribution in [3.63, 3.8) is 0 Å². The number of benzene rings is 1. The van der Waals surface area contributed by atoms with Gasteiger partial charge in [-0.2, -0.15) is 0 Å². The second-order valence-corrected chi connectivity index (χ2v) is 5.34. The fourth-order valence-corrected chi connectivity index (χ4v) is 2.59. The molecule has 1 atom stereocenters. The van der Waals surface area contributed by atoms with Crippen LogP contribution in [0.15, 0.2) is 40.4 Å². The first-order valence-electron chi connectivity index (χ1n) is 4.99. The highest BCUT2D eigenvalue weighted by Gasteiger charge is 2.17. The Morgan fingerprint density at radius 2 is 2.06 bits per heavy atom. The highest BCUT2D eigenvalue weighted by atomic mass is 32.2. The van der Waals surface area contributed by atoms with Gasteiger partial charge in [-0.3, -0.25) is 0 Å². The van der Waals surface area contributed by atoms with Crippen LogP contribution < -0.4 is 10.5 Å². The van der Waals surface area contributed by atoms with Crippen molar-refractivity contribution in [2.24, 2.45) is 10.9 Å². The minimum atomic E-state index is -3.56. The van der Waals surface area contributed by atoms with Crippen molar-refractivity contribution in [1.29, 1.82) is 0 Å². The molecule has 0 aliphatic heterocycles. The van der Waals surface area contributed by atoms with Crippen LogP contribution >= 0.6 is 0 Å². The van der Waals surface area contributed by atoms with E-state index in [1.165, 1.54) is 12.1 Å². The second kappa shape index (κ2) is 5.65. The van der Waals surface area contributed by atoms with Gasteiger partial charge in [0, 0.05) is 12.5 Å². The molecule has 0 aliphatic rings. The van der Waals surface area contributed by atoms with Gasteiger partial charge in [0.25, 0.3) is 0 Å². The van der Waals surface area contributed by atoms with Gasteiger partial charge in [-0.15, -0.1) is 0 Å². The van der Waals surface area contributed by atoms with Gasteiger partial charge in [0.2, 0.25) is 10.0 Å². The molecule has 1 aromatic carbocycles. The summed E-state index contributed by atoms with van der Waals surface area (Å²) < 4.78 is 26.2. The molecule has 1 rings (SSSR count). The van der Waals surface area contributed by atoms with E-state index in [1.807, 2.05) is 0 Å². The Balaban J connectivity index is 2.75. The number of sulfonamides is 1. The van der Waals surface area contributed by atoms with E-state index in [0.29, 0.717) is 0 Å².